The second-order valence-corrected chi connectivity index (χ2v) is 7.77. The highest BCUT2D eigenvalue weighted by Gasteiger charge is 2.17. The van der Waals surface area contributed by atoms with Crippen LogP contribution < -0.4 is 10.6 Å². The van der Waals surface area contributed by atoms with E-state index in [0.717, 1.165) is 44.7 Å². The average molecular weight is 399 g/mol. The lowest BCUT2D eigenvalue weighted by molar-refractivity contribution is 0.0930. The Labute approximate surface area is 172 Å². The number of carbonyl (C=O) groups is 2. The summed E-state index contributed by atoms with van der Waals surface area (Å²) >= 11 is 0. The number of piperazine rings is 1. The Bertz CT molecular complexity index is 827. The molecule has 0 saturated carbocycles. The Morgan fingerprint density at radius 2 is 1.90 bits per heavy atom. The van der Waals surface area contributed by atoms with Crippen molar-refractivity contribution < 1.29 is 14.0 Å². The largest absolute Gasteiger partial charge is 0.459 e. The number of amides is 2. The predicted octanol–water partition coefficient (Wildman–Crippen LogP) is 2.60. The minimum atomic E-state index is -0.337. The molecule has 0 radical (unpaired) electrons. The summed E-state index contributed by atoms with van der Waals surface area (Å²) in [6.45, 7) is 9.24. The first-order valence-corrected chi connectivity index (χ1v) is 10.1. The van der Waals surface area contributed by atoms with Crippen LogP contribution >= 0.6 is 0 Å². The zero-order valence-corrected chi connectivity index (χ0v) is 17.4. The van der Waals surface area contributed by atoms with Gasteiger partial charge in [-0.1, -0.05) is 6.07 Å². The normalized spacial score (nSPS) is 16.4. The highest BCUT2D eigenvalue weighted by Crippen LogP contribution is 2.18. The third-order valence-corrected chi connectivity index (χ3v) is 5.34. The quantitative estimate of drug-likeness (QED) is 0.750. The molecule has 0 bridgehead atoms. The molecule has 0 unspecified atom stereocenters. The van der Waals surface area contributed by atoms with Gasteiger partial charge in [0.05, 0.1) is 6.26 Å². The highest BCUT2D eigenvalue weighted by atomic mass is 16.3. The number of anilines is 1. The number of nitrogens with zero attached hydrogens (tertiary/aromatic N) is 2. The molecule has 1 atom stereocenters. The van der Waals surface area contributed by atoms with Crippen LogP contribution in [-0.4, -0.2) is 67.4 Å². The number of nitrogens with one attached hydrogen (secondary N) is 2. The van der Waals surface area contributed by atoms with Gasteiger partial charge >= 0.3 is 0 Å². The van der Waals surface area contributed by atoms with Crippen molar-refractivity contribution in [3.63, 3.8) is 0 Å². The molecule has 1 saturated heterocycles. The monoisotopic (exact) mass is 398 g/mol. The number of aryl methyl sites for hydroxylation is 1. The fourth-order valence-corrected chi connectivity index (χ4v) is 3.32. The zero-order chi connectivity index (χ0) is 20.8. The van der Waals surface area contributed by atoms with Crippen molar-refractivity contribution in [2.24, 2.45) is 0 Å². The first-order chi connectivity index (χ1) is 13.9. The molecule has 3 rings (SSSR count). The van der Waals surface area contributed by atoms with E-state index in [9.17, 15) is 9.59 Å². The van der Waals surface area contributed by atoms with Crippen LogP contribution in [0.4, 0.5) is 5.69 Å². The summed E-state index contributed by atoms with van der Waals surface area (Å²) in [6.07, 6.45) is 2.36. The number of furan rings is 1. The fraction of sp³-hybridized carbons (Fsp3) is 0.455. The van der Waals surface area contributed by atoms with E-state index in [0.29, 0.717) is 11.3 Å². The molecular weight excluding hydrogens is 368 g/mol. The summed E-state index contributed by atoms with van der Waals surface area (Å²) in [5.74, 6) is -0.239. The van der Waals surface area contributed by atoms with Gasteiger partial charge in [0.25, 0.3) is 11.8 Å². The molecule has 29 heavy (non-hydrogen) atoms. The predicted molar refractivity (Wildman–Crippen MR) is 113 cm³/mol. The number of likely N-dealkylation sites (N-methyl/N-ethyl adjacent to an activating group) is 1. The number of hydrogen-bond donors (Lipinski definition) is 2. The summed E-state index contributed by atoms with van der Waals surface area (Å²) in [4.78, 5) is 29.7. The summed E-state index contributed by atoms with van der Waals surface area (Å²) < 4.78 is 5.12. The number of rotatable bonds is 7. The maximum atomic E-state index is 12.7. The van der Waals surface area contributed by atoms with Gasteiger partial charge in [0.2, 0.25) is 0 Å². The van der Waals surface area contributed by atoms with Crippen molar-refractivity contribution in [1.29, 1.82) is 0 Å². The Kier molecular flexibility index (Phi) is 7.06. The summed E-state index contributed by atoms with van der Waals surface area (Å²) in [6, 6.07) is 8.66. The van der Waals surface area contributed by atoms with E-state index in [1.54, 1.807) is 24.3 Å². The second kappa shape index (κ2) is 9.71. The van der Waals surface area contributed by atoms with Crippen LogP contribution in [0, 0.1) is 6.92 Å². The number of carbonyl (C=O) groups excluding carboxylic acids is 2. The van der Waals surface area contributed by atoms with E-state index in [4.69, 9.17) is 4.42 Å². The molecular formula is C22H30N4O3. The van der Waals surface area contributed by atoms with Crippen molar-refractivity contribution in [2.75, 3.05) is 45.1 Å². The molecule has 2 amide bonds. The molecule has 0 spiro atoms. The van der Waals surface area contributed by atoms with Crippen LogP contribution in [0.15, 0.2) is 41.0 Å². The maximum Gasteiger partial charge on any atom is 0.291 e. The van der Waals surface area contributed by atoms with Gasteiger partial charge in [0.15, 0.2) is 5.76 Å². The summed E-state index contributed by atoms with van der Waals surface area (Å²) in [5, 5.41) is 5.87. The molecule has 7 nitrogen and oxygen atoms in total. The van der Waals surface area contributed by atoms with Gasteiger partial charge < -0.3 is 24.9 Å². The van der Waals surface area contributed by atoms with Crippen molar-refractivity contribution in [3.05, 3.63) is 53.5 Å². The molecule has 2 aromatic rings. The van der Waals surface area contributed by atoms with Crippen LogP contribution in [0.5, 0.6) is 0 Å². The van der Waals surface area contributed by atoms with Gasteiger partial charge in [-0.05, 0) is 57.1 Å². The minimum Gasteiger partial charge on any atom is -0.459 e. The van der Waals surface area contributed by atoms with Gasteiger partial charge in [-0.3, -0.25) is 9.59 Å². The standard InChI is InChI=1S/C22H30N4O3/c1-16-6-7-18(15-19(16)24-22(28)20-5-4-14-29-20)21(27)23-17(2)8-9-26-12-10-25(3)11-13-26/h4-7,14-15,17H,8-13H2,1-3H3,(H,23,27)(H,24,28)/t17-/m0/s1. The lowest BCUT2D eigenvalue weighted by atomic mass is 10.1. The Morgan fingerprint density at radius 3 is 2.59 bits per heavy atom. The van der Waals surface area contributed by atoms with Crippen LogP contribution in [0.1, 0.15) is 39.8 Å². The minimum absolute atomic E-state index is 0.0737. The second-order valence-electron chi connectivity index (χ2n) is 7.77. The van der Waals surface area contributed by atoms with Gasteiger partial charge in [-0.25, -0.2) is 0 Å². The van der Waals surface area contributed by atoms with E-state index < -0.39 is 0 Å². The van der Waals surface area contributed by atoms with Gasteiger partial charge in [-0.2, -0.15) is 0 Å². The highest BCUT2D eigenvalue weighted by molar-refractivity contribution is 6.03. The molecule has 2 N–H and O–H groups in total. The molecule has 1 aliphatic heterocycles. The van der Waals surface area contributed by atoms with Gasteiger partial charge in [0.1, 0.15) is 0 Å². The van der Waals surface area contributed by atoms with E-state index in [-0.39, 0.29) is 23.6 Å². The molecule has 1 aromatic carbocycles. The molecule has 1 aliphatic rings. The Hall–Kier alpha value is -2.64. The van der Waals surface area contributed by atoms with Crippen LogP contribution in [0.2, 0.25) is 0 Å². The van der Waals surface area contributed by atoms with E-state index in [1.165, 1.54) is 6.26 Å². The fourth-order valence-electron chi connectivity index (χ4n) is 3.32. The van der Waals surface area contributed by atoms with Crippen LogP contribution in [0.25, 0.3) is 0 Å². The molecule has 0 aliphatic carbocycles. The van der Waals surface area contributed by atoms with Crippen LogP contribution in [0.3, 0.4) is 0 Å². The third kappa shape index (κ3) is 5.92. The Morgan fingerprint density at radius 1 is 1.14 bits per heavy atom. The number of hydrogen-bond acceptors (Lipinski definition) is 5. The van der Waals surface area contributed by atoms with E-state index in [1.807, 2.05) is 19.9 Å². The molecule has 7 heteroatoms. The lowest BCUT2D eigenvalue weighted by Crippen LogP contribution is -2.46. The molecule has 1 fully saturated rings. The SMILES string of the molecule is Cc1ccc(C(=O)N[C@@H](C)CCN2CCN(C)CC2)cc1NC(=O)c1ccco1. The first kappa shape index (κ1) is 21.1. The summed E-state index contributed by atoms with van der Waals surface area (Å²) in [7, 11) is 2.15. The Balaban J connectivity index is 1.54. The lowest BCUT2D eigenvalue weighted by Gasteiger charge is -2.32. The molecule has 156 valence electrons. The van der Waals surface area contributed by atoms with Crippen LogP contribution in [-0.2, 0) is 0 Å². The third-order valence-electron chi connectivity index (χ3n) is 5.34. The van der Waals surface area contributed by atoms with Crippen molar-refractivity contribution >= 4 is 17.5 Å². The van der Waals surface area contributed by atoms with Crippen molar-refractivity contribution in [1.82, 2.24) is 15.1 Å². The maximum absolute atomic E-state index is 12.7. The molecule has 1 aromatic heterocycles. The van der Waals surface area contributed by atoms with Crippen molar-refractivity contribution in [2.45, 2.75) is 26.3 Å². The number of benzene rings is 1. The zero-order valence-electron chi connectivity index (χ0n) is 17.4. The summed E-state index contributed by atoms with van der Waals surface area (Å²) in [5.41, 5.74) is 2.01. The average Bonchev–Trinajstić information content (AvgIpc) is 3.24. The van der Waals surface area contributed by atoms with Crippen molar-refractivity contribution in [3.8, 4) is 0 Å². The molecule has 2 heterocycles. The van der Waals surface area contributed by atoms with E-state index >= 15 is 0 Å². The topological polar surface area (TPSA) is 77.8 Å². The van der Waals surface area contributed by atoms with Gasteiger partial charge in [0, 0.05) is 50.0 Å². The van der Waals surface area contributed by atoms with E-state index in [2.05, 4.69) is 27.5 Å². The smallest absolute Gasteiger partial charge is 0.291 e. The first-order valence-electron chi connectivity index (χ1n) is 10.1. The van der Waals surface area contributed by atoms with Gasteiger partial charge in [-0.15, -0.1) is 0 Å².